The first-order valence-corrected chi connectivity index (χ1v) is 12.1. The highest BCUT2D eigenvalue weighted by Crippen LogP contribution is 2.34. The minimum Gasteiger partial charge on any atom is -0.451 e. The second kappa shape index (κ2) is 10.1. The predicted molar refractivity (Wildman–Crippen MR) is 134 cm³/mol. The van der Waals surface area contributed by atoms with Gasteiger partial charge in [0.1, 0.15) is 9.71 Å². The van der Waals surface area contributed by atoms with Crippen molar-refractivity contribution in [2.24, 2.45) is 0 Å². The van der Waals surface area contributed by atoms with Crippen molar-refractivity contribution in [1.82, 2.24) is 10.3 Å². The van der Waals surface area contributed by atoms with Crippen LogP contribution < -0.4 is 16.0 Å². The molecular weight excluding hydrogens is 528 g/mol. The van der Waals surface area contributed by atoms with Crippen molar-refractivity contribution in [1.29, 1.82) is 0 Å². The highest BCUT2D eigenvalue weighted by Gasteiger charge is 2.17. The number of thiophene rings is 1. The summed E-state index contributed by atoms with van der Waals surface area (Å²) in [7, 11) is 0. The van der Waals surface area contributed by atoms with Gasteiger partial charge in [0.05, 0.1) is 4.70 Å². The second-order valence-corrected chi connectivity index (χ2v) is 9.80. The van der Waals surface area contributed by atoms with Gasteiger partial charge in [0.15, 0.2) is 11.7 Å². The Labute approximate surface area is 205 Å². The molecule has 8 nitrogen and oxygen atoms in total. The fourth-order valence-corrected chi connectivity index (χ4v) is 5.06. The van der Waals surface area contributed by atoms with Gasteiger partial charge in [-0.15, -0.1) is 11.3 Å². The number of nitrogens with zero attached hydrogens (tertiary/aromatic N) is 1. The Balaban J connectivity index is 1.29. The number of aromatic nitrogens is 1. The Kier molecular flexibility index (Phi) is 7.02. The standard InChI is InChI=1S/C22H17BrN4O4S2/c1-12-4-2-3-5-15(12)25-22-27-19-16(33-22)10-17(32-19)20(29)31-11-18(28)26-21(30)24-14-8-6-13(23)7-9-14/h2-10H,11H2,1H3,(H,25,27)(H2,24,26,28,30). The summed E-state index contributed by atoms with van der Waals surface area (Å²) in [5.41, 5.74) is 2.58. The number of amides is 3. The smallest absolute Gasteiger partial charge is 0.348 e. The first kappa shape index (κ1) is 22.9. The van der Waals surface area contributed by atoms with Crippen LogP contribution in [0.15, 0.2) is 59.1 Å². The normalized spacial score (nSPS) is 10.6. The minimum absolute atomic E-state index is 0.332. The van der Waals surface area contributed by atoms with E-state index in [4.69, 9.17) is 4.74 Å². The molecule has 4 aromatic rings. The van der Waals surface area contributed by atoms with Gasteiger partial charge in [-0.2, -0.15) is 0 Å². The summed E-state index contributed by atoms with van der Waals surface area (Å²) < 4.78 is 6.73. The SMILES string of the molecule is Cc1ccccc1Nc1nc2sc(C(=O)OCC(=O)NC(=O)Nc3ccc(Br)cc3)cc2s1. The Morgan fingerprint density at radius 2 is 1.82 bits per heavy atom. The number of nitrogens with one attached hydrogen (secondary N) is 3. The van der Waals surface area contributed by atoms with E-state index in [2.05, 4.69) is 36.9 Å². The zero-order chi connectivity index (χ0) is 23.4. The van der Waals surface area contributed by atoms with Crippen molar-refractivity contribution in [2.75, 3.05) is 17.2 Å². The number of ether oxygens (including phenoxy) is 1. The number of fused-ring (bicyclic) bond motifs is 1. The van der Waals surface area contributed by atoms with Crippen molar-refractivity contribution in [3.05, 3.63) is 69.5 Å². The number of benzene rings is 2. The van der Waals surface area contributed by atoms with Gasteiger partial charge in [-0.3, -0.25) is 10.1 Å². The van der Waals surface area contributed by atoms with E-state index < -0.39 is 24.5 Å². The third-order valence-corrected chi connectivity index (χ3v) is 6.95. The number of esters is 1. The number of hydrogen-bond acceptors (Lipinski definition) is 8. The van der Waals surface area contributed by atoms with Gasteiger partial charge in [-0.25, -0.2) is 14.6 Å². The Morgan fingerprint density at radius 1 is 1.06 bits per heavy atom. The lowest BCUT2D eigenvalue weighted by Crippen LogP contribution is -2.37. The number of urea groups is 1. The average molecular weight is 545 g/mol. The molecule has 4 rings (SSSR count). The molecule has 168 valence electrons. The number of carbonyl (C=O) groups excluding carboxylic acids is 3. The largest absolute Gasteiger partial charge is 0.451 e. The quantitative estimate of drug-likeness (QED) is 0.269. The summed E-state index contributed by atoms with van der Waals surface area (Å²) in [4.78, 5) is 41.7. The first-order valence-electron chi connectivity index (χ1n) is 9.64. The number of anilines is 3. The minimum atomic E-state index is -0.737. The summed E-state index contributed by atoms with van der Waals surface area (Å²) in [5.74, 6) is -1.39. The molecule has 3 N–H and O–H groups in total. The van der Waals surface area contributed by atoms with E-state index in [9.17, 15) is 14.4 Å². The maximum Gasteiger partial charge on any atom is 0.348 e. The van der Waals surface area contributed by atoms with Crippen molar-refractivity contribution >= 4 is 82.5 Å². The maximum atomic E-state index is 12.3. The summed E-state index contributed by atoms with van der Waals surface area (Å²) >= 11 is 5.89. The number of thiazole rings is 1. The van der Waals surface area contributed by atoms with Crippen molar-refractivity contribution in [3.8, 4) is 0 Å². The van der Waals surface area contributed by atoms with E-state index in [1.54, 1.807) is 30.3 Å². The summed E-state index contributed by atoms with van der Waals surface area (Å²) in [6.07, 6.45) is 0. The van der Waals surface area contributed by atoms with E-state index in [0.717, 1.165) is 25.6 Å². The molecule has 0 aliphatic rings. The van der Waals surface area contributed by atoms with E-state index in [-0.39, 0.29) is 0 Å². The molecule has 2 aromatic heterocycles. The van der Waals surface area contributed by atoms with Crippen LogP contribution in [0.2, 0.25) is 0 Å². The fourth-order valence-electron chi connectivity index (χ4n) is 2.78. The lowest BCUT2D eigenvalue weighted by Gasteiger charge is -2.07. The molecule has 2 heterocycles. The number of imide groups is 1. The average Bonchev–Trinajstić information content (AvgIpc) is 3.34. The van der Waals surface area contributed by atoms with Gasteiger partial charge in [0.25, 0.3) is 5.91 Å². The molecule has 0 saturated heterocycles. The zero-order valence-electron chi connectivity index (χ0n) is 17.2. The lowest BCUT2D eigenvalue weighted by atomic mass is 10.2. The van der Waals surface area contributed by atoms with Crippen LogP contribution in [0.4, 0.5) is 21.3 Å². The Hall–Kier alpha value is -3.28. The molecule has 33 heavy (non-hydrogen) atoms. The van der Waals surface area contributed by atoms with Gasteiger partial charge in [-0.1, -0.05) is 45.5 Å². The predicted octanol–water partition coefficient (Wildman–Crippen LogP) is 5.68. The van der Waals surface area contributed by atoms with Crippen molar-refractivity contribution < 1.29 is 19.1 Å². The molecule has 0 bridgehead atoms. The number of aryl methyl sites for hydroxylation is 1. The third-order valence-electron chi connectivity index (χ3n) is 4.37. The third kappa shape index (κ3) is 5.95. The molecule has 0 atom stereocenters. The molecule has 0 saturated carbocycles. The van der Waals surface area contributed by atoms with Crippen molar-refractivity contribution in [2.45, 2.75) is 6.92 Å². The number of rotatable bonds is 6. The zero-order valence-corrected chi connectivity index (χ0v) is 20.4. The second-order valence-electron chi connectivity index (χ2n) is 6.82. The van der Waals surface area contributed by atoms with Crippen LogP contribution in [0.1, 0.15) is 15.2 Å². The molecule has 11 heteroatoms. The van der Waals surface area contributed by atoms with Gasteiger partial charge < -0.3 is 15.4 Å². The molecule has 0 fully saturated rings. The molecule has 3 amide bonds. The number of para-hydroxylation sites is 1. The highest BCUT2D eigenvalue weighted by molar-refractivity contribution is 9.10. The van der Waals surface area contributed by atoms with Crippen LogP contribution in [0.3, 0.4) is 0 Å². The molecule has 0 unspecified atom stereocenters. The highest BCUT2D eigenvalue weighted by atomic mass is 79.9. The lowest BCUT2D eigenvalue weighted by molar-refractivity contribution is -0.123. The van der Waals surface area contributed by atoms with Crippen LogP contribution in [0, 0.1) is 6.92 Å². The van der Waals surface area contributed by atoms with Gasteiger partial charge in [0, 0.05) is 15.8 Å². The molecule has 2 aromatic carbocycles. The fraction of sp³-hybridized carbons (Fsp3) is 0.0909. The molecule has 0 radical (unpaired) electrons. The summed E-state index contributed by atoms with van der Waals surface area (Å²) in [6.45, 7) is 1.43. The molecule has 0 spiro atoms. The first-order chi connectivity index (χ1) is 15.9. The van der Waals surface area contributed by atoms with E-state index in [1.807, 2.05) is 31.2 Å². The van der Waals surface area contributed by atoms with Crippen molar-refractivity contribution in [3.63, 3.8) is 0 Å². The maximum absolute atomic E-state index is 12.3. The number of carbonyl (C=O) groups is 3. The molecular formula is C22H17BrN4O4S2. The number of halogens is 1. The summed E-state index contributed by atoms with van der Waals surface area (Å²) in [6, 6.07) is 15.7. The van der Waals surface area contributed by atoms with Crippen LogP contribution in [-0.4, -0.2) is 29.5 Å². The van der Waals surface area contributed by atoms with Crippen LogP contribution >= 0.6 is 38.6 Å². The Bertz CT molecular complexity index is 1300. The molecule has 0 aliphatic carbocycles. The van der Waals surface area contributed by atoms with Crippen LogP contribution in [-0.2, 0) is 9.53 Å². The topological polar surface area (TPSA) is 109 Å². The Morgan fingerprint density at radius 3 is 2.55 bits per heavy atom. The van der Waals surface area contributed by atoms with Crippen LogP contribution in [0.25, 0.3) is 9.53 Å². The van der Waals surface area contributed by atoms with E-state index in [0.29, 0.717) is 15.4 Å². The van der Waals surface area contributed by atoms with Gasteiger partial charge in [-0.05, 0) is 48.9 Å². The number of hydrogen-bond donors (Lipinski definition) is 3. The summed E-state index contributed by atoms with van der Waals surface area (Å²) in [5, 5.41) is 8.63. The van der Waals surface area contributed by atoms with Gasteiger partial charge in [0.2, 0.25) is 0 Å². The van der Waals surface area contributed by atoms with E-state index >= 15 is 0 Å². The monoisotopic (exact) mass is 544 g/mol. The van der Waals surface area contributed by atoms with Gasteiger partial charge >= 0.3 is 12.0 Å². The van der Waals surface area contributed by atoms with Crippen LogP contribution in [0.5, 0.6) is 0 Å². The molecule has 0 aliphatic heterocycles. The van der Waals surface area contributed by atoms with E-state index in [1.165, 1.54) is 22.7 Å².